The molecule has 8 heteroatoms. The van der Waals surface area contributed by atoms with E-state index in [1.165, 1.54) is 0 Å². The third-order valence-corrected chi connectivity index (χ3v) is 6.01. The monoisotopic (exact) mass is 386 g/mol. The van der Waals surface area contributed by atoms with Gasteiger partial charge in [0.2, 0.25) is 19.4 Å². The number of aliphatic hydroxyl groups is 2. The first-order chi connectivity index (χ1) is 13.6. The van der Waals surface area contributed by atoms with Gasteiger partial charge in [0.05, 0.1) is 19.3 Å². The van der Waals surface area contributed by atoms with Crippen LogP contribution in [0.1, 0.15) is 17.2 Å². The van der Waals surface area contributed by atoms with Crippen LogP contribution in [0, 0.1) is 5.92 Å². The van der Waals surface area contributed by atoms with E-state index < -0.39 is 23.4 Å². The molecule has 0 aliphatic carbocycles. The average Bonchev–Trinajstić information content (AvgIpc) is 3.46. The largest absolute Gasteiger partial charge is 0.454 e. The summed E-state index contributed by atoms with van der Waals surface area (Å²) < 4.78 is 33.2. The lowest BCUT2D eigenvalue weighted by Gasteiger charge is -2.35. The number of ether oxygens (including phenoxy) is 6. The van der Waals surface area contributed by atoms with E-state index >= 15 is 0 Å². The molecular weight excluding hydrogens is 368 g/mol. The summed E-state index contributed by atoms with van der Waals surface area (Å²) in [4.78, 5) is 0. The van der Waals surface area contributed by atoms with E-state index in [1.54, 1.807) is 18.2 Å². The van der Waals surface area contributed by atoms with E-state index in [0.29, 0.717) is 28.6 Å². The zero-order valence-corrected chi connectivity index (χ0v) is 14.8. The molecule has 0 saturated carbocycles. The molecule has 0 spiro atoms. The van der Waals surface area contributed by atoms with Crippen LogP contribution in [0.4, 0.5) is 0 Å². The highest BCUT2D eigenvalue weighted by atomic mass is 16.7. The van der Waals surface area contributed by atoms with Crippen molar-refractivity contribution in [2.24, 2.45) is 5.92 Å². The van der Waals surface area contributed by atoms with E-state index in [9.17, 15) is 10.2 Å². The lowest BCUT2D eigenvalue weighted by molar-refractivity contribution is -0.268. The molecule has 6 rings (SSSR count). The van der Waals surface area contributed by atoms with Crippen molar-refractivity contribution in [3.05, 3.63) is 47.5 Å². The molecule has 28 heavy (non-hydrogen) atoms. The van der Waals surface area contributed by atoms with Crippen LogP contribution in [0.25, 0.3) is 0 Å². The molecule has 0 amide bonds. The second-order valence-electron chi connectivity index (χ2n) is 7.40. The summed E-state index contributed by atoms with van der Waals surface area (Å²) in [7, 11) is 0. The van der Waals surface area contributed by atoms with Crippen molar-refractivity contribution < 1.29 is 38.6 Å². The smallest absolute Gasteiger partial charge is 0.231 e. The van der Waals surface area contributed by atoms with Crippen molar-refractivity contribution in [3.63, 3.8) is 0 Å². The first-order valence-electron chi connectivity index (χ1n) is 9.08. The van der Waals surface area contributed by atoms with Crippen molar-refractivity contribution in [2.45, 2.75) is 17.5 Å². The Morgan fingerprint density at radius 3 is 2.29 bits per heavy atom. The Bertz CT molecular complexity index is 961. The molecule has 0 unspecified atom stereocenters. The Morgan fingerprint density at radius 2 is 1.50 bits per heavy atom. The summed E-state index contributed by atoms with van der Waals surface area (Å²) in [5.74, 6) is 0.0490. The average molecular weight is 386 g/mol. The molecule has 2 N–H and O–H groups in total. The molecule has 2 fully saturated rings. The minimum atomic E-state index is -1.91. The summed E-state index contributed by atoms with van der Waals surface area (Å²) in [5, 5.41) is 22.8. The van der Waals surface area contributed by atoms with Gasteiger partial charge in [-0.15, -0.1) is 0 Å². The molecule has 2 aromatic carbocycles. The van der Waals surface area contributed by atoms with Gasteiger partial charge >= 0.3 is 0 Å². The molecule has 4 aliphatic heterocycles. The zero-order valence-electron chi connectivity index (χ0n) is 14.8. The zero-order chi connectivity index (χ0) is 18.9. The van der Waals surface area contributed by atoms with Gasteiger partial charge in [0, 0.05) is 11.5 Å². The van der Waals surface area contributed by atoms with Gasteiger partial charge < -0.3 is 38.6 Å². The van der Waals surface area contributed by atoms with E-state index in [1.807, 2.05) is 18.2 Å². The maximum atomic E-state index is 11.4. The molecule has 4 aliphatic rings. The Kier molecular flexibility index (Phi) is 3.24. The van der Waals surface area contributed by atoms with Gasteiger partial charge in [-0.25, -0.2) is 0 Å². The van der Waals surface area contributed by atoms with Crippen LogP contribution in [-0.4, -0.2) is 42.6 Å². The van der Waals surface area contributed by atoms with Crippen molar-refractivity contribution in [1.82, 2.24) is 0 Å². The third-order valence-electron chi connectivity index (χ3n) is 6.01. The number of fused-ring (bicyclic) bond motifs is 3. The van der Waals surface area contributed by atoms with E-state index in [-0.39, 0.29) is 26.8 Å². The van der Waals surface area contributed by atoms with Crippen LogP contribution in [0.5, 0.6) is 23.0 Å². The summed E-state index contributed by atoms with van der Waals surface area (Å²) in [6, 6.07) is 10.5. The molecular formula is C20H18O8. The third kappa shape index (κ3) is 2.03. The first kappa shape index (κ1) is 16.4. The van der Waals surface area contributed by atoms with Gasteiger partial charge in [0.15, 0.2) is 28.6 Å². The fraction of sp³-hybridized carbons (Fsp3) is 0.400. The molecule has 4 atom stereocenters. The van der Waals surface area contributed by atoms with Gasteiger partial charge in [-0.1, -0.05) is 6.07 Å². The molecule has 8 nitrogen and oxygen atoms in total. The van der Waals surface area contributed by atoms with Crippen LogP contribution in [0.2, 0.25) is 0 Å². The maximum absolute atomic E-state index is 11.4. The highest BCUT2D eigenvalue weighted by Crippen LogP contribution is 2.56. The second kappa shape index (κ2) is 5.51. The van der Waals surface area contributed by atoms with E-state index in [2.05, 4.69) is 0 Å². The van der Waals surface area contributed by atoms with Crippen LogP contribution < -0.4 is 18.9 Å². The molecule has 0 radical (unpaired) electrons. The minimum Gasteiger partial charge on any atom is -0.454 e. The molecule has 4 heterocycles. The van der Waals surface area contributed by atoms with E-state index in [0.717, 1.165) is 5.56 Å². The summed E-state index contributed by atoms with van der Waals surface area (Å²) in [5.41, 5.74) is -0.373. The van der Waals surface area contributed by atoms with Crippen LogP contribution in [-0.2, 0) is 15.3 Å². The van der Waals surface area contributed by atoms with Gasteiger partial charge in [-0.3, -0.25) is 0 Å². The number of hydrogen-bond donors (Lipinski definition) is 2. The highest BCUT2D eigenvalue weighted by Gasteiger charge is 2.67. The lowest BCUT2D eigenvalue weighted by atomic mass is 9.78. The maximum Gasteiger partial charge on any atom is 0.231 e. The Morgan fingerprint density at radius 1 is 0.821 bits per heavy atom. The highest BCUT2D eigenvalue weighted by molar-refractivity contribution is 5.48. The normalized spacial score (nSPS) is 34.6. The van der Waals surface area contributed by atoms with E-state index in [4.69, 9.17) is 28.4 Å². The predicted molar refractivity (Wildman–Crippen MR) is 92.1 cm³/mol. The topological polar surface area (TPSA) is 95.8 Å². The number of benzene rings is 2. The van der Waals surface area contributed by atoms with Gasteiger partial charge in [0.1, 0.15) is 0 Å². The molecule has 2 aromatic rings. The number of hydrogen-bond acceptors (Lipinski definition) is 8. The van der Waals surface area contributed by atoms with Crippen molar-refractivity contribution in [3.8, 4) is 23.0 Å². The van der Waals surface area contributed by atoms with Gasteiger partial charge in [-0.05, 0) is 35.9 Å². The Hall–Kier alpha value is -2.52. The quantitative estimate of drug-likeness (QED) is 0.801. The van der Waals surface area contributed by atoms with Crippen molar-refractivity contribution >= 4 is 0 Å². The molecule has 0 aromatic heterocycles. The minimum absolute atomic E-state index is 0.0677. The van der Waals surface area contributed by atoms with Crippen LogP contribution in [0.3, 0.4) is 0 Å². The van der Waals surface area contributed by atoms with Crippen LogP contribution >= 0.6 is 0 Å². The fourth-order valence-electron chi connectivity index (χ4n) is 4.46. The first-order valence-corrected chi connectivity index (χ1v) is 9.08. The van der Waals surface area contributed by atoms with Gasteiger partial charge in [-0.2, -0.15) is 0 Å². The van der Waals surface area contributed by atoms with Crippen LogP contribution in [0.15, 0.2) is 36.4 Å². The predicted octanol–water partition coefficient (Wildman–Crippen LogP) is 1.44. The Balaban J connectivity index is 1.35. The SMILES string of the molecule is O[C@]12CO[C@H](c3ccc4c(c3)OCO4)[C@H]1CO[C@]2(O)c1ccc2c(c1)OCO2. The lowest BCUT2D eigenvalue weighted by Crippen LogP contribution is -2.52. The molecule has 146 valence electrons. The molecule has 0 bridgehead atoms. The standard InChI is InChI=1S/C20H18O8/c21-19-8-23-18(11-1-3-14-16(5-11)26-9-24-14)13(19)7-28-20(19,22)12-2-4-15-17(6-12)27-10-25-15/h1-6,13,18,21-22H,7-10H2/t13-,18-,19-,20-/m1/s1. The Labute approximate surface area is 160 Å². The number of rotatable bonds is 2. The van der Waals surface area contributed by atoms with Gasteiger partial charge in [0.25, 0.3) is 0 Å². The summed E-state index contributed by atoms with van der Waals surface area (Å²) in [6.45, 7) is 0.382. The second-order valence-corrected chi connectivity index (χ2v) is 7.40. The molecule has 2 saturated heterocycles. The van der Waals surface area contributed by atoms with Crippen molar-refractivity contribution in [2.75, 3.05) is 26.8 Å². The van der Waals surface area contributed by atoms with Crippen molar-refractivity contribution in [1.29, 1.82) is 0 Å². The summed E-state index contributed by atoms with van der Waals surface area (Å²) in [6.07, 6.45) is -0.442. The summed E-state index contributed by atoms with van der Waals surface area (Å²) >= 11 is 0. The fourth-order valence-corrected chi connectivity index (χ4v) is 4.46.